The van der Waals surface area contributed by atoms with Crippen LogP contribution in [0, 0.1) is 0 Å². The van der Waals surface area contributed by atoms with E-state index in [0.29, 0.717) is 6.42 Å². The molecule has 0 atom stereocenters. The molecule has 0 fully saturated rings. The fraction of sp³-hybridized carbons (Fsp3) is 0.357. The van der Waals surface area contributed by atoms with Gasteiger partial charge in [-0.25, -0.2) is 0 Å². The molecule has 1 aliphatic rings. The summed E-state index contributed by atoms with van der Waals surface area (Å²) in [5.74, 6) is 0.128. The quantitative estimate of drug-likeness (QED) is 0.800. The Balaban J connectivity index is 2.29. The lowest BCUT2D eigenvalue weighted by molar-refractivity contribution is -0.116. The predicted molar refractivity (Wildman–Crippen MR) is 69.2 cm³/mol. The molecule has 1 aliphatic heterocycles. The van der Waals surface area contributed by atoms with E-state index in [1.165, 1.54) is 16.5 Å². The van der Waals surface area contributed by atoms with Gasteiger partial charge in [-0.3, -0.25) is 4.79 Å². The van der Waals surface area contributed by atoms with Crippen molar-refractivity contribution in [3.8, 4) is 0 Å². The number of carbonyl (C=O) groups is 1. The van der Waals surface area contributed by atoms with Gasteiger partial charge in [0.1, 0.15) is 0 Å². The molecular formula is C14H16N2O. The second-order valence-electron chi connectivity index (χ2n) is 4.55. The van der Waals surface area contributed by atoms with Crippen molar-refractivity contribution in [1.82, 2.24) is 4.57 Å². The molecule has 2 heterocycles. The number of amides is 1. The number of nitrogens with one attached hydrogen (secondary N) is 1. The van der Waals surface area contributed by atoms with Gasteiger partial charge >= 0.3 is 0 Å². The van der Waals surface area contributed by atoms with E-state index in [1.807, 2.05) is 12.1 Å². The SMILES string of the molecule is CCc1cn2c3c(cccc13)NC(=O)CCC2. The van der Waals surface area contributed by atoms with Crippen LogP contribution in [0.15, 0.2) is 24.4 Å². The number of para-hydroxylation sites is 1. The maximum Gasteiger partial charge on any atom is 0.224 e. The van der Waals surface area contributed by atoms with Gasteiger partial charge in [0, 0.05) is 24.5 Å². The van der Waals surface area contributed by atoms with Gasteiger partial charge in [0.05, 0.1) is 11.2 Å². The number of benzene rings is 1. The zero-order valence-corrected chi connectivity index (χ0v) is 9.99. The molecule has 0 aliphatic carbocycles. The van der Waals surface area contributed by atoms with Gasteiger partial charge in [-0.2, -0.15) is 0 Å². The average molecular weight is 228 g/mol. The van der Waals surface area contributed by atoms with Crippen LogP contribution in [-0.4, -0.2) is 10.5 Å². The predicted octanol–water partition coefficient (Wildman–Crippen LogP) is 2.94. The maximum absolute atomic E-state index is 11.6. The van der Waals surface area contributed by atoms with Gasteiger partial charge in [0.2, 0.25) is 5.91 Å². The lowest BCUT2D eigenvalue weighted by Crippen LogP contribution is -2.15. The van der Waals surface area contributed by atoms with Crippen LogP contribution < -0.4 is 5.32 Å². The zero-order valence-electron chi connectivity index (χ0n) is 9.99. The largest absolute Gasteiger partial charge is 0.345 e. The number of hydrogen-bond acceptors (Lipinski definition) is 1. The van der Waals surface area contributed by atoms with Crippen LogP contribution in [0.2, 0.25) is 0 Å². The smallest absolute Gasteiger partial charge is 0.224 e. The van der Waals surface area contributed by atoms with Crippen LogP contribution >= 0.6 is 0 Å². The molecule has 88 valence electrons. The Morgan fingerprint density at radius 3 is 3.12 bits per heavy atom. The first-order valence-electron chi connectivity index (χ1n) is 6.20. The molecule has 1 aromatic heterocycles. The van der Waals surface area contributed by atoms with E-state index in [1.54, 1.807) is 0 Å². The van der Waals surface area contributed by atoms with Crippen LogP contribution in [0.3, 0.4) is 0 Å². The van der Waals surface area contributed by atoms with Crippen LogP contribution in [0.4, 0.5) is 5.69 Å². The molecule has 1 amide bonds. The Hall–Kier alpha value is -1.77. The third kappa shape index (κ3) is 1.62. The molecule has 0 bridgehead atoms. The fourth-order valence-electron chi connectivity index (χ4n) is 2.62. The average Bonchev–Trinajstić information content (AvgIpc) is 2.66. The fourth-order valence-corrected chi connectivity index (χ4v) is 2.62. The number of aryl methyl sites for hydroxylation is 2. The molecule has 17 heavy (non-hydrogen) atoms. The third-order valence-electron chi connectivity index (χ3n) is 3.44. The van der Waals surface area contributed by atoms with Crippen LogP contribution in [-0.2, 0) is 17.8 Å². The summed E-state index contributed by atoms with van der Waals surface area (Å²) in [5.41, 5.74) is 3.49. The molecule has 3 heteroatoms. The normalized spacial score (nSPS) is 15.5. The van der Waals surface area contributed by atoms with Crippen molar-refractivity contribution in [2.24, 2.45) is 0 Å². The molecule has 0 unspecified atom stereocenters. The van der Waals surface area contributed by atoms with Gasteiger partial charge in [-0.05, 0) is 24.5 Å². The first-order chi connectivity index (χ1) is 8.29. The summed E-state index contributed by atoms with van der Waals surface area (Å²) >= 11 is 0. The number of rotatable bonds is 1. The molecule has 1 N–H and O–H groups in total. The summed E-state index contributed by atoms with van der Waals surface area (Å²) in [5, 5.41) is 4.27. The van der Waals surface area contributed by atoms with E-state index in [0.717, 1.165) is 25.1 Å². The Labute approximate surface area is 100 Å². The minimum absolute atomic E-state index is 0.128. The van der Waals surface area contributed by atoms with Crippen molar-refractivity contribution in [3.05, 3.63) is 30.0 Å². The Kier molecular flexibility index (Phi) is 2.39. The number of carbonyl (C=O) groups excluding carboxylic acids is 1. The van der Waals surface area contributed by atoms with Crippen molar-refractivity contribution in [2.45, 2.75) is 32.7 Å². The van der Waals surface area contributed by atoms with Crippen molar-refractivity contribution < 1.29 is 4.79 Å². The third-order valence-corrected chi connectivity index (χ3v) is 3.44. The highest BCUT2D eigenvalue weighted by molar-refractivity contribution is 6.02. The second kappa shape index (κ2) is 3.91. The van der Waals surface area contributed by atoms with E-state index in [9.17, 15) is 4.79 Å². The molecule has 1 aromatic carbocycles. The van der Waals surface area contributed by atoms with E-state index in [2.05, 4.69) is 29.1 Å². The van der Waals surface area contributed by atoms with E-state index in [-0.39, 0.29) is 5.91 Å². The molecule has 2 aromatic rings. The Morgan fingerprint density at radius 2 is 2.29 bits per heavy atom. The molecule has 3 nitrogen and oxygen atoms in total. The van der Waals surface area contributed by atoms with Gasteiger partial charge < -0.3 is 9.88 Å². The van der Waals surface area contributed by atoms with Gasteiger partial charge in [0.25, 0.3) is 0 Å². The van der Waals surface area contributed by atoms with Crippen molar-refractivity contribution in [2.75, 3.05) is 5.32 Å². The number of aromatic nitrogens is 1. The molecule has 0 spiro atoms. The summed E-state index contributed by atoms with van der Waals surface area (Å²) in [4.78, 5) is 11.6. The molecule has 0 radical (unpaired) electrons. The first-order valence-corrected chi connectivity index (χ1v) is 6.20. The molecule has 0 saturated heterocycles. The standard InChI is InChI=1S/C14H16N2O/c1-2-10-9-16-8-4-7-13(17)15-12-6-3-5-11(10)14(12)16/h3,5-6,9H,2,4,7-8H2,1H3,(H,15,17). The molecule has 3 rings (SSSR count). The van der Waals surface area contributed by atoms with Crippen LogP contribution in [0.25, 0.3) is 10.9 Å². The topological polar surface area (TPSA) is 34.0 Å². The Bertz CT molecular complexity index is 583. The van der Waals surface area contributed by atoms with Gasteiger partial charge in [-0.1, -0.05) is 19.1 Å². The van der Waals surface area contributed by atoms with Crippen LogP contribution in [0.1, 0.15) is 25.3 Å². The number of anilines is 1. The monoisotopic (exact) mass is 228 g/mol. The Morgan fingerprint density at radius 1 is 1.41 bits per heavy atom. The minimum Gasteiger partial charge on any atom is -0.345 e. The lowest BCUT2D eigenvalue weighted by Gasteiger charge is -2.14. The van der Waals surface area contributed by atoms with E-state index in [4.69, 9.17) is 0 Å². The molecular weight excluding hydrogens is 212 g/mol. The highest BCUT2D eigenvalue weighted by Crippen LogP contribution is 2.30. The van der Waals surface area contributed by atoms with Gasteiger partial charge in [0.15, 0.2) is 0 Å². The molecule has 0 saturated carbocycles. The summed E-state index contributed by atoms with van der Waals surface area (Å²) in [6, 6.07) is 6.15. The zero-order chi connectivity index (χ0) is 11.8. The van der Waals surface area contributed by atoms with Crippen molar-refractivity contribution in [3.63, 3.8) is 0 Å². The first kappa shape index (κ1) is 10.4. The summed E-state index contributed by atoms with van der Waals surface area (Å²) < 4.78 is 2.28. The van der Waals surface area contributed by atoms with E-state index < -0.39 is 0 Å². The summed E-state index contributed by atoms with van der Waals surface area (Å²) in [7, 11) is 0. The lowest BCUT2D eigenvalue weighted by atomic mass is 10.1. The summed E-state index contributed by atoms with van der Waals surface area (Å²) in [6.45, 7) is 3.10. The van der Waals surface area contributed by atoms with Gasteiger partial charge in [-0.15, -0.1) is 0 Å². The summed E-state index contributed by atoms with van der Waals surface area (Å²) in [6.07, 6.45) is 4.77. The highest BCUT2D eigenvalue weighted by atomic mass is 16.1. The highest BCUT2D eigenvalue weighted by Gasteiger charge is 2.15. The number of nitrogens with zero attached hydrogens (tertiary/aromatic N) is 1. The second-order valence-corrected chi connectivity index (χ2v) is 4.55. The minimum atomic E-state index is 0.128. The van der Waals surface area contributed by atoms with Crippen molar-refractivity contribution in [1.29, 1.82) is 0 Å². The van der Waals surface area contributed by atoms with Crippen LogP contribution in [0.5, 0.6) is 0 Å². The van der Waals surface area contributed by atoms with Crippen molar-refractivity contribution >= 4 is 22.5 Å². The number of hydrogen-bond donors (Lipinski definition) is 1. The maximum atomic E-state index is 11.6. The van der Waals surface area contributed by atoms with E-state index >= 15 is 0 Å².